The molecule has 3 rings (SSSR count). The molecule has 0 aliphatic rings. The number of nitrogens with one attached hydrogen (secondary N) is 2. The van der Waals surface area contributed by atoms with E-state index in [9.17, 15) is 4.79 Å². The number of anilines is 1. The summed E-state index contributed by atoms with van der Waals surface area (Å²) in [5.74, 6) is 0.547. The summed E-state index contributed by atoms with van der Waals surface area (Å²) >= 11 is 1.51. The Labute approximate surface area is 126 Å². The molecule has 1 amide bonds. The highest BCUT2D eigenvalue weighted by Crippen LogP contribution is 2.20. The molecule has 0 fully saturated rings. The first-order valence-electron chi connectivity index (χ1n) is 6.51. The number of pyridine rings is 1. The number of hydrogen-bond acceptors (Lipinski definition) is 5. The lowest BCUT2D eigenvalue weighted by Gasteiger charge is -2.09. The summed E-state index contributed by atoms with van der Waals surface area (Å²) in [6, 6.07) is 9.37. The molecule has 0 aliphatic carbocycles. The second-order valence-electron chi connectivity index (χ2n) is 4.48. The zero-order valence-electron chi connectivity index (χ0n) is 11.5. The Morgan fingerprint density at radius 1 is 1.33 bits per heavy atom. The van der Waals surface area contributed by atoms with E-state index in [4.69, 9.17) is 0 Å². The topological polar surface area (TPSA) is 66.9 Å². The maximum Gasteiger partial charge on any atom is 0.252 e. The van der Waals surface area contributed by atoms with Crippen LogP contribution < -0.4 is 10.6 Å². The summed E-state index contributed by atoms with van der Waals surface area (Å²) in [5.41, 5.74) is 4.02. The minimum Gasteiger partial charge on any atom is -0.373 e. The fourth-order valence-corrected chi connectivity index (χ4v) is 2.64. The normalized spacial score (nSPS) is 10.5. The van der Waals surface area contributed by atoms with Crippen LogP contribution in [-0.2, 0) is 6.54 Å². The number of benzene rings is 1. The van der Waals surface area contributed by atoms with Gasteiger partial charge >= 0.3 is 0 Å². The molecule has 0 saturated heterocycles. The number of para-hydroxylation sites is 1. The third-order valence-corrected chi connectivity index (χ3v) is 3.77. The van der Waals surface area contributed by atoms with Crippen molar-refractivity contribution >= 4 is 34.0 Å². The van der Waals surface area contributed by atoms with Crippen molar-refractivity contribution in [2.75, 3.05) is 12.4 Å². The number of aromatic nitrogens is 2. The van der Waals surface area contributed by atoms with E-state index in [1.54, 1.807) is 18.6 Å². The molecule has 0 saturated carbocycles. The van der Waals surface area contributed by atoms with Gasteiger partial charge in [-0.1, -0.05) is 18.2 Å². The van der Waals surface area contributed by atoms with Crippen LogP contribution in [0.2, 0.25) is 0 Å². The highest BCUT2D eigenvalue weighted by Gasteiger charge is 2.12. The molecule has 5 nitrogen and oxygen atoms in total. The molecular formula is C15H14N4OS. The van der Waals surface area contributed by atoms with Crippen LogP contribution in [-0.4, -0.2) is 22.9 Å². The predicted molar refractivity (Wildman–Crippen MR) is 84.6 cm³/mol. The van der Waals surface area contributed by atoms with Gasteiger partial charge < -0.3 is 10.6 Å². The zero-order chi connectivity index (χ0) is 14.7. The smallest absolute Gasteiger partial charge is 0.252 e. The van der Waals surface area contributed by atoms with E-state index < -0.39 is 0 Å². The van der Waals surface area contributed by atoms with Crippen LogP contribution in [0.3, 0.4) is 0 Å². The lowest BCUT2D eigenvalue weighted by Crippen LogP contribution is -2.23. The Morgan fingerprint density at radius 3 is 2.95 bits per heavy atom. The number of rotatable bonds is 4. The van der Waals surface area contributed by atoms with Gasteiger partial charge in [0.1, 0.15) is 5.82 Å². The van der Waals surface area contributed by atoms with E-state index in [0.29, 0.717) is 17.9 Å². The van der Waals surface area contributed by atoms with Crippen molar-refractivity contribution < 1.29 is 4.79 Å². The number of hydrogen-bond donors (Lipinski definition) is 2. The molecule has 21 heavy (non-hydrogen) atoms. The minimum absolute atomic E-state index is 0.127. The largest absolute Gasteiger partial charge is 0.373 e. The Balaban J connectivity index is 1.92. The second kappa shape index (κ2) is 5.88. The third kappa shape index (κ3) is 2.85. The van der Waals surface area contributed by atoms with Crippen molar-refractivity contribution in [1.29, 1.82) is 0 Å². The van der Waals surface area contributed by atoms with E-state index >= 15 is 0 Å². The maximum absolute atomic E-state index is 12.4. The van der Waals surface area contributed by atoms with E-state index in [1.165, 1.54) is 11.3 Å². The summed E-state index contributed by atoms with van der Waals surface area (Å²) in [4.78, 5) is 21.0. The van der Waals surface area contributed by atoms with Gasteiger partial charge in [-0.15, -0.1) is 11.3 Å². The van der Waals surface area contributed by atoms with E-state index in [-0.39, 0.29) is 5.91 Å². The summed E-state index contributed by atoms with van der Waals surface area (Å²) in [7, 11) is 1.79. The Hall–Kier alpha value is -2.47. The van der Waals surface area contributed by atoms with Crippen molar-refractivity contribution in [2.24, 2.45) is 0 Å². The highest BCUT2D eigenvalue weighted by atomic mass is 32.1. The number of nitrogens with zero attached hydrogens (tertiary/aromatic N) is 2. The van der Waals surface area contributed by atoms with Gasteiger partial charge in [0.25, 0.3) is 5.91 Å². The van der Waals surface area contributed by atoms with Crippen LogP contribution in [0.25, 0.3) is 10.9 Å². The lowest BCUT2D eigenvalue weighted by atomic mass is 10.1. The number of carbonyl (C=O) groups excluding carboxylic acids is 1. The van der Waals surface area contributed by atoms with Crippen molar-refractivity contribution in [3.63, 3.8) is 0 Å². The fourth-order valence-electron chi connectivity index (χ4n) is 2.08. The summed E-state index contributed by atoms with van der Waals surface area (Å²) < 4.78 is 0. The summed E-state index contributed by atoms with van der Waals surface area (Å²) in [5, 5.41) is 8.64. The maximum atomic E-state index is 12.4. The van der Waals surface area contributed by atoms with Gasteiger partial charge in [-0.3, -0.25) is 4.79 Å². The minimum atomic E-state index is -0.127. The molecule has 2 aromatic heterocycles. The van der Waals surface area contributed by atoms with E-state index in [1.807, 2.05) is 29.6 Å². The number of fused-ring (bicyclic) bond motifs is 1. The Morgan fingerprint density at radius 2 is 2.19 bits per heavy atom. The highest BCUT2D eigenvalue weighted by molar-refractivity contribution is 7.07. The SMILES string of the molecule is CNc1cc(C(=O)NCc2cscn2)c2ccccc2n1. The van der Waals surface area contributed by atoms with E-state index in [0.717, 1.165) is 16.6 Å². The third-order valence-electron chi connectivity index (χ3n) is 3.13. The van der Waals surface area contributed by atoms with Crippen LogP contribution in [0, 0.1) is 0 Å². The molecule has 0 bridgehead atoms. The van der Waals surface area contributed by atoms with Crippen LogP contribution in [0.4, 0.5) is 5.82 Å². The molecule has 0 atom stereocenters. The average Bonchev–Trinajstić information content (AvgIpc) is 3.05. The van der Waals surface area contributed by atoms with Gasteiger partial charge in [-0.2, -0.15) is 0 Å². The van der Waals surface area contributed by atoms with Gasteiger partial charge in [-0.25, -0.2) is 9.97 Å². The van der Waals surface area contributed by atoms with Crippen molar-refractivity contribution in [2.45, 2.75) is 6.54 Å². The number of carbonyl (C=O) groups is 1. The average molecular weight is 298 g/mol. The van der Waals surface area contributed by atoms with Crippen LogP contribution in [0.15, 0.2) is 41.2 Å². The van der Waals surface area contributed by atoms with Crippen LogP contribution in [0.1, 0.15) is 16.1 Å². The van der Waals surface area contributed by atoms with Crippen molar-refractivity contribution in [3.05, 3.63) is 52.5 Å². The van der Waals surface area contributed by atoms with Crippen molar-refractivity contribution in [1.82, 2.24) is 15.3 Å². The lowest BCUT2D eigenvalue weighted by molar-refractivity contribution is 0.0952. The first kappa shape index (κ1) is 13.5. The predicted octanol–water partition coefficient (Wildman–Crippen LogP) is 2.66. The monoisotopic (exact) mass is 298 g/mol. The van der Waals surface area contributed by atoms with Crippen LogP contribution >= 0.6 is 11.3 Å². The number of thiazole rings is 1. The van der Waals surface area contributed by atoms with Gasteiger partial charge in [0.15, 0.2) is 0 Å². The van der Waals surface area contributed by atoms with Gasteiger partial charge in [0.2, 0.25) is 0 Å². The molecule has 0 spiro atoms. The molecule has 0 aliphatic heterocycles. The molecular weight excluding hydrogens is 284 g/mol. The first-order valence-corrected chi connectivity index (χ1v) is 7.45. The summed E-state index contributed by atoms with van der Waals surface area (Å²) in [6.45, 7) is 0.424. The zero-order valence-corrected chi connectivity index (χ0v) is 12.3. The van der Waals surface area contributed by atoms with Gasteiger partial charge in [-0.05, 0) is 12.1 Å². The molecule has 0 unspecified atom stereocenters. The Kier molecular flexibility index (Phi) is 3.79. The van der Waals surface area contributed by atoms with Crippen LogP contribution in [0.5, 0.6) is 0 Å². The first-order chi connectivity index (χ1) is 10.3. The van der Waals surface area contributed by atoms with Gasteiger partial charge in [0.05, 0.1) is 28.8 Å². The molecule has 6 heteroatoms. The molecule has 1 aromatic carbocycles. The Bertz CT molecular complexity index is 770. The molecule has 3 aromatic rings. The quantitative estimate of drug-likeness (QED) is 0.777. The fraction of sp³-hybridized carbons (Fsp3) is 0.133. The van der Waals surface area contributed by atoms with E-state index in [2.05, 4.69) is 20.6 Å². The summed E-state index contributed by atoms with van der Waals surface area (Å²) in [6.07, 6.45) is 0. The molecule has 2 heterocycles. The van der Waals surface area contributed by atoms with Gasteiger partial charge in [0, 0.05) is 17.8 Å². The molecule has 106 valence electrons. The second-order valence-corrected chi connectivity index (χ2v) is 5.20. The molecule has 0 radical (unpaired) electrons. The standard InChI is InChI=1S/C15H14N4OS/c1-16-14-6-12(11-4-2-3-5-13(11)19-14)15(20)17-7-10-8-21-9-18-10/h2-6,8-9H,7H2,1H3,(H,16,19)(H,17,20). The molecule has 2 N–H and O–H groups in total. The number of amides is 1. The van der Waals surface area contributed by atoms with Crippen molar-refractivity contribution in [3.8, 4) is 0 Å².